The maximum atomic E-state index is 11.9. The Bertz CT molecular complexity index is 885. The number of carbonyl (C=O) groups excluding carboxylic acids is 2. The van der Waals surface area contributed by atoms with Crippen molar-refractivity contribution in [3.63, 3.8) is 0 Å². The SMILES string of the molecule is Cc1c(O)c(Br)c(C)c(/C=N\NC(=O)CNC(=O)c2ccc(Cl)cc2)c1O. The number of hydrazone groups is 1. The first-order chi connectivity index (χ1) is 12.7. The van der Waals surface area contributed by atoms with Crippen LogP contribution in [0.2, 0.25) is 5.02 Å². The highest BCUT2D eigenvalue weighted by molar-refractivity contribution is 9.10. The Morgan fingerprint density at radius 3 is 2.41 bits per heavy atom. The number of phenolic OH excluding ortho intramolecular Hbond substituents is 2. The van der Waals surface area contributed by atoms with Crippen LogP contribution in [0.1, 0.15) is 27.0 Å². The zero-order valence-corrected chi connectivity index (χ0v) is 16.8. The topological polar surface area (TPSA) is 111 Å². The van der Waals surface area contributed by atoms with E-state index < -0.39 is 11.8 Å². The van der Waals surface area contributed by atoms with Crippen molar-refractivity contribution >= 4 is 45.6 Å². The molecule has 7 nitrogen and oxygen atoms in total. The minimum Gasteiger partial charge on any atom is -0.507 e. The number of nitrogens with zero attached hydrogens (tertiary/aromatic N) is 1. The molecule has 0 bridgehead atoms. The molecule has 0 atom stereocenters. The van der Waals surface area contributed by atoms with Crippen molar-refractivity contribution in [1.29, 1.82) is 0 Å². The van der Waals surface area contributed by atoms with Gasteiger partial charge in [0.1, 0.15) is 11.5 Å². The molecule has 142 valence electrons. The summed E-state index contributed by atoms with van der Waals surface area (Å²) in [4.78, 5) is 23.7. The van der Waals surface area contributed by atoms with E-state index in [2.05, 4.69) is 31.8 Å². The van der Waals surface area contributed by atoms with Crippen LogP contribution >= 0.6 is 27.5 Å². The molecule has 0 aliphatic carbocycles. The molecule has 0 spiro atoms. The number of nitrogens with one attached hydrogen (secondary N) is 2. The van der Waals surface area contributed by atoms with Crippen LogP contribution in [0.4, 0.5) is 0 Å². The van der Waals surface area contributed by atoms with Gasteiger partial charge >= 0.3 is 0 Å². The van der Waals surface area contributed by atoms with Crippen LogP contribution in [-0.4, -0.2) is 34.8 Å². The monoisotopic (exact) mass is 453 g/mol. The normalized spacial score (nSPS) is 10.8. The van der Waals surface area contributed by atoms with E-state index >= 15 is 0 Å². The van der Waals surface area contributed by atoms with Gasteiger partial charge in [-0.2, -0.15) is 5.10 Å². The number of halogens is 2. The highest BCUT2D eigenvalue weighted by Crippen LogP contribution is 2.39. The Morgan fingerprint density at radius 2 is 1.78 bits per heavy atom. The number of hydrogen-bond acceptors (Lipinski definition) is 5. The first-order valence-corrected chi connectivity index (χ1v) is 8.95. The molecule has 2 rings (SSSR count). The first-order valence-electron chi connectivity index (χ1n) is 7.78. The fraction of sp³-hybridized carbons (Fsp3) is 0.167. The molecule has 27 heavy (non-hydrogen) atoms. The van der Waals surface area contributed by atoms with Crippen LogP contribution in [-0.2, 0) is 4.79 Å². The molecule has 2 aromatic rings. The highest BCUT2D eigenvalue weighted by atomic mass is 79.9. The Morgan fingerprint density at radius 1 is 1.15 bits per heavy atom. The minimum atomic E-state index is -0.541. The van der Waals surface area contributed by atoms with Crippen molar-refractivity contribution in [2.45, 2.75) is 13.8 Å². The lowest BCUT2D eigenvalue weighted by Gasteiger charge is -2.12. The van der Waals surface area contributed by atoms with Crippen molar-refractivity contribution < 1.29 is 19.8 Å². The summed E-state index contributed by atoms with van der Waals surface area (Å²) in [5.41, 5.74) is 3.83. The van der Waals surface area contributed by atoms with Crippen molar-refractivity contribution in [3.8, 4) is 11.5 Å². The van der Waals surface area contributed by atoms with Crippen LogP contribution in [0.25, 0.3) is 0 Å². The predicted molar refractivity (Wildman–Crippen MR) is 106 cm³/mol. The zero-order chi connectivity index (χ0) is 20.1. The summed E-state index contributed by atoms with van der Waals surface area (Å²) < 4.78 is 0.431. The van der Waals surface area contributed by atoms with E-state index in [1.807, 2.05) is 0 Å². The zero-order valence-electron chi connectivity index (χ0n) is 14.5. The van der Waals surface area contributed by atoms with Gasteiger partial charge in [-0.15, -0.1) is 0 Å². The van der Waals surface area contributed by atoms with Gasteiger partial charge in [0.05, 0.1) is 17.2 Å². The molecule has 0 unspecified atom stereocenters. The quantitative estimate of drug-likeness (QED) is 0.411. The Labute approximate surface area is 169 Å². The average Bonchev–Trinajstić information content (AvgIpc) is 2.66. The summed E-state index contributed by atoms with van der Waals surface area (Å²) in [6.45, 7) is 2.96. The van der Waals surface area contributed by atoms with Crippen LogP contribution in [0.3, 0.4) is 0 Å². The fourth-order valence-corrected chi connectivity index (χ4v) is 2.82. The van der Waals surface area contributed by atoms with Crippen molar-refractivity contribution in [2.75, 3.05) is 6.54 Å². The van der Waals surface area contributed by atoms with E-state index in [1.54, 1.807) is 38.1 Å². The smallest absolute Gasteiger partial charge is 0.259 e. The summed E-state index contributed by atoms with van der Waals surface area (Å²) in [5, 5.41) is 26.7. The van der Waals surface area contributed by atoms with Crippen molar-refractivity contribution in [1.82, 2.24) is 10.7 Å². The molecule has 4 N–H and O–H groups in total. The van der Waals surface area contributed by atoms with E-state index in [-0.39, 0.29) is 23.6 Å². The molecule has 0 radical (unpaired) electrons. The molecule has 2 amide bonds. The van der Waals surface area contributed by atoms with Crippen LogP contribution in [0.15, 0.2) is 33.8 Å². The summed E-state index contributed by atoms with van der Waals surface area (Å²) >= 11 is 8.99. The number of rotatable bonds is 5. The minimum absolute atomic E-state index is 0.0592. The number of phenols is 2. The number of carbonyl (C=O) groups is 2. The molecule has 0 aliphatic heterocycles. The van der Waals surface area contributed by atoms with Crippen LogP contribution in [0, 0.1) is 13.8 Å². The van der Waals surface area contributed by atoms with Crippen molar-refractivity contribution in [2.24, 2.45) is 5.10 Å². The summed E-state index contributed by atoms with van der Waals surface area (Å²) in [6, 6.07) is 6.25. The highest BCUT2D eigenvalue weighted by Gasteiger charge is 2.16. The van der Waals surface area contributed by atoms with Gasteiger partial charge in [0, 0.05) is 21.7 Å². The van der Waals surface area contributed by atoms with Crippen LogP contribution < -0.4 is 10.7 Å². The third kappa shape index (κ3) is 4.99. The molecule has 2 aromatic carbocycles. The number of benzene rings is 2. The standard InChI is InChI=1S/C18H17BrClN3O4/c1-9-13(16(25)10(2)17(26)15(9)19)7-22-23-14(24)8-21-18(27)11-3-5-12(20)6-4-11/h3-7,25-26H,8H2,1-2H3,(H,21,27)(H,23,24)/b22-7-. The van der Waals surface area contributed by atoms with Gasteiger partial charge in [-0.1, -0.05) is 11.6 Å². The summed E-state index contributed by atoms with van der Waals surface area (Å²) in [7, 11) is 0. The molecule has 0 aromatic heterocycles. The second-order valence-corrected chi connectivity index (χ2v) is 6.89. The first kappa shape index (κ1) is 20.7. The molecule has 0 saturated heterocycles. The lowest BCUT2D eigenvalue weighted by Crippen LogP contribution is -2.34. The third-order valence-corrected chi connectivity index (χ3v) is 5.03. The molecular formula is C18H17BrClN3O4. The lowest BCUT2D eigenvalue weighted by molar-refractivity contribution is -0.120. The Balaban J connectivity index is 1.96. The van der Waals surface area contributed by atoms with Gasteiger partial charge in [0.2, 0.25) is 0 Å². The maximum absolute atomic E-state index is 11.9. The second-order valence-electron chi connectivity index (χ2n) is 5.66. The van der Waals surface area contributed by atoms with E-state index in [4.69, 9.17) is 11.6 Å². The van der Waals surface area contributed by atoms with Gasteiger partial charge in [0.25, 0.3) is 11.8 Å². The molecule has 0 saturated carbocycles. The van der Waals surface area contributed by atoms with E-state index in [0.717, 1.165) is 0 Å². The third-order valence-electron chi connectivity index (χ3n) is 3.81. The van der Waals surface area contributed by atoms with Gasteiger partial charge in [0.15, 0.2) is 0 Å². The molecule has 0 heterocycles. The van der Waals surface area contributed by atoms with Crippen molar-refractivity contribution in [3.05, 3.63) is 56.0 Å². The fourth-order valence-electron chi connectivity index (χ4n) is 2.18. The molecule has 0 fully saturated rings. The van der Waals surface area contributed by atoms with E-state index in [9.17, 15) is 19.8 Å². The predicted octanol–water partition coefficient (Wildman–Crippen LogP) is 3.01. The maximum Gasteiger partial charge on any atom is 0.259 e. The van der Waals surface area contributed by atoms with Gasteiger partial charge < -0.3 is 15.5 Å². The lowest BCUT2D eigenvalue weighted by atomic mass is 10.0. The van der Waals surface area contributed by atoms with E-state index in [1.165, 1.54) is 6.21 Å². The van der Waals surface area contributed by atoms with E-state index in [0.29, 0.717) is 26.2 Å². The van der Waals surface area contributed by atoms with Gasteiger partial charge in [-0.3, -0.25) is 9.59 Å². The largest absolute Gasteiger partial charge is 0.507 e. The summed E-state index contributed by atoms with van der Waals surface area (Å²) in [6.07, 6.45) is 1.26. The average molecular weight is 455 g/mol. The number of amides is 2. The number of aromatic hydroxyl groups is 2. The summed E-state index contributed by atoms with van der Waals surface area (Å²) in [5.74, 6) is -1.16. The Hall–Kier alpha value is -2.58. The Kier molecular flexibility index (Phi) is 6.81. The van der Waals surface area contributed by atoms with Crippen LogP contribution in [0.5, 0.6) is 11.5 Å². The molecule has 0 aliphatic rings. The molecule has 9 heteroatoms. The second kappa shape index (κ2) is 8.88. The number of hydrogen-bond donors (Lipinski definition) is 4. The molecular weight excluding hydrogens is 438 g/mol. The van der Waals surface area contributed by atoms with Gasteiger partial charge in [-0.05, 0) is 59.6 Å². The van der Waals surface area contributed by atoms with Gasteiger partial charge in [-0.25, -0.2) is 5.43 Å².